The lowest BCUT2D eigenvalue weighted by Crippen LogP contribution is -2.40. The Hall–Kier alpha value is -0.810. The van der Waals surface area contributed by atoms with Crippen molar-refractivity contribution in [2.75, 3.05) is 19.6 Å². The standard InChI is InChI=1S/C17H27ClN2O2/c1-17(2,3)22-15-7-6-12(10-13(15)18)16(21)14(19)11-20-8-4-5-9-20/h6-7,10,14,16,21H,4-5,8-9,11,19H2,1-3H3. The highest BCUT2D eigenvalue weighted by Crippen LogP contribution is 2.31. The predicted molar refractivity (Wildman–Crippen MR) is 90.4 cm³/mol. The number of hydrogen-bond donors (Lipinski definition) is 2. The summed E-state index contributed by atoms with van der Waals surface area (Å²) < 4.78 is 5.78. The number of rotatable bonds is 5. The molecule has 0 spiro atoms. The van der Waals surface area contributed by atoms with Gasteiger partial charge in [-0.25, -0.2) is 0 Å². The van der Waals surface area contributed by atoms with Gasteiger partial charge in [-0.05, 0) is 64.4 Å². The molecule has 22 heavy (non-hydrogen) atoms. The van der Waals surface area contributed by atoms with Gasteiger partial charge in [0.05, 0.1) is 11.1 Å². The highest BCUT2D eigenvalue weighted by Gasteiger charge is 2.23. The number of hydrogen-bond acceptors (Lipinski definition) is 4. The Bertz CT molecular complexity index is 496. The van der Waals surface area contributed by atoms with Crippen LogP contribution in [-0.4, -0.2) is 41.3 Å². The maximum absolute atomic E-state index is 10.4. The average molecular weight is 327 g/mol. The molecule has 0 aliphatic carbocycles. The molecule has 2 unspecified atom stereocenters. The molecule has 1 saturated heterocycles. The SMILES string of the molecule is CC(C)(C)Oc1ccc(C(O)C(N)CN2CCCC2)cc1Cl. The van der Waals surface area contributed by atoms with Gasteiger partial charge >= 0.3 is 0 Å². The molecule has 0 bridgehead atoms. The van der Waals surface area contributed by atoms with Crippen LogP contribution >= 0.6 is 11.6 Å². The van der Waals surface area contributed by atoms with Crippen LogP contribution in [0.5, 0.6) is 5.75 Å². The second kappa shape index (κ2) is 7.18. The number of benzene rings is 1. The highest BCUT2D eigenvalue weighted by atomic mass is 35.5. The summed E-state index contributed by atoms with van der Waals surface area (Å²) in [6.45, 7) is 8.76. The average Bonchev–Trinajstić information content (AvgIpc) is 2.91. The molecule has 0 aromatic heterocycles. The molecular formula is C17H27ClN2O2. The van der Waals surface area contributed by atoms with Gasteiger partial charge in [0.25, 0.3) is 0 Å². The van der Waals surface area contributed by atoms with Gasteiger partial charge in [-0.1, -0.05) is 17.7 Å². The fourth-order valence-electron chi connectivity index (χ4n) is 2.72. The molecule has 1 aliphatic rings. The van der Waals surface area contributed by atoms with Crippen LogP contribution in [0.25, 0.3) is 0 Å². The van der Waals surface area contributed by atoms with Gasteiger partial charge < -0.3 is 20.5 Å². The molecule has 124 valence electrons. The van der Waals surface area contributed by atoms with Crippen molar-refractivity contribution in [2.24, 2.45) is 5.73 Å². The van der Waals surface area contributed by atoms with Crippen molar-refractivity contribution in [1.82, 2.24) is 4.90 Å². The van der Waals surface area contributed by atoms with E-state index in [0.717, 1.165) is 18.7 Å². The van der Waals surface area contributed by atoms with Crippen molar-refractivity contribution in [1.29, 1.82) is 0 Å². The van der Waals surface area contributed by atoms with E-state index in [-0.39, 0.29) is 11.6 Å². The predicted octanol–water partition coefficient (Wildman–Crippen LogP) is 2.97. The smallest absolute Gasteiger partial charge is 0.138 e. The minimum absolute atomic E-state index is 0.310. The maximum Gasteiger partial charge on any atom is 0.138 e. The third kappa shape index (κ3) is 4.85. The Morgan fingerprint density at radius 2 is 1.95 bits per heavy atom. The van der Waals surface area contributed by atoms with E-state index >= 15 is 0 Å². The van der Waals surface area contributed by atoms with E-state index < -0.39 is 6.10 Å². The first kappa shape index (κ1) is 17.5. The largest absolute Gasteiger partial charge is 0.487 e. The molecule has 0 saturated carbocycles. The molecular weight excluding hydrogens is 300 g/mol. The third-order valence-electron chi connectivity index (χ3n) is 3.79. The highest BCUT2D eigenvalue weighted by molar-refractivity contribution is 6.32. The minimum atomic E-state index is -0.721. The van der Waals surface area contributed by atoms with Crippen molar-refractivity contribution < 1.29 is 9.84 Å². The van der Waals surface area contributed by atoms with Crippen molar-refractivity contribution in [3.8, 4) is 5.75 Å². The van der Waals surface area contributed by atoms with Gasteiger partial charge in [0.1, 0.15) is 11.4 Å². The molecule has 1 aromatic carbocycles. The fourth-order valence-corrected chi connectivity index (χ4v) is 2.95. The normalized spacial score (nSPS) is 19.2. The summed E-state index contributed by atoms with van der Waals surface area (Å²) in [5.41, 5.74) is 6.58. The van der Waals surface area contributed by atoms with Gasteiger partial charge in [-0.2, -0.15) is 0 Å². The second-order valence-corrected chi connectivity index (χ2v) is 7.43. The van der Waals surface area contributed by atoms with Crippen LogP contribution in [0.3, 0.4) is 0 Å². The van der Waals surface area contributed by atoms with E-state index in [1.807, 2.05) is 26.8 Å². The molecule has 2 atom stereocenters. The Kier molecular flexibility index (Phi) is 5.72. The van der Waals surface area contributed by atoms with Crippen LogP contribution < -0.4 is 10.5 Å². The topological polar surface area (TPSA) is 58.7 Å². The van der Waals surface area contributed by atoms with Gasteiger partial charge in [-0.15, -0.1) is 0 Å². The maximum atomic E-state index is 10.4. The molecule has 0 amide bonds. The summed E-state index contributed by atoms with van der Waals surface area (Å²) in [6.07, 6.45) is 1.71. The van der Waals surface area contributed by atoms with E-state index in [4.69, 9.17) is 22.1 Å². The molecule has 0 radical (unpaired) electrons. The van der Waals surface area contributed by atoms with Gasteiger partial charge in [0.15, 0.2) is 0 Å². The minimum Gasteiger partial charge on any atom is -0.487 e. The first-order chi connectivity index (χ1) is 10.3. The molecule has 4 nitrogen and oxygen atoms in total. The summed E-state index contributed by atoms with van der Waals surface area (Å²) in [5, 5.41) is 10.9. The van der Waals surface area contributed by atoms with E-state index in [2.05, 4.69) is 4.90 Å². The summed E-state index contributed by atoms with van der Waals surface area (Å²) >= 11 is 6.27. The second-order valence-electron chi connectivity index (χ2n) is 7.02. The van der Waals surface area contributed by atoms with E-state index in [1.54, 1.807) is 12.1 Å². The summed E-state index contributed by atoms with van der Waals surface area (Å²) in [7, 11) is 0. The Balaban J connectivity index is 2.03. The van der Waals surface area contributed by atoms with Gasteiger partial charge in [-0.3, -0.25) is 0 Å². The first-order valence-electron chi connectivity index (χ1n) is 7.91. The monoisotopic (exact) mass is 326 g/mol. The summed E-state index contributed by atoms with van der Waals surface area (Å²) in [6, 6.07) is 5.07. The molecule has 2 rings (SSSR count). The third-order valence-corrected chi connectivity index (χ3v) is 4.08. The number of nitrogens with zero attached hydrogens (tertiary/aromatic N) is 1. The Morgan fingerprint density at radius 1 is 1.32 bits per heavy atom. The zero-order valence-electron chi connectivity index (χ0n) is 13.7. The summed E-state index contributed by atoms with van der Waals surface area (Å²) in [5.74, 6) is 0.623. The first-order valence-corrected chi connectivity index (χ1v) is 8.28. The van der Waals surface area contributed by atoms with Crippen LogP contribution in [0.2, 0.25) is 5.02 Å². The van der Waals surface area contributed by atoms with E-state index in [9.17, 15) is 5.11 Å². The quantitative estimate of drug-likeness (QED) is 0.873. The van der Waals surface area contributed by atoms with Crippen LogP contribution in [0, 0.1) is 0 Å². The lowest BCUT2D eigenvalue weighted by atomic mass is 10.0. The number of likely N-dealkylation sites (tertiary alicyclic amines) is 1. The molecule has 1 aliphatic heterocycles. The van der Waals surface area contributed by atoms with E-state index in [1.165, 1.54) is 12.8 Å². The molecule has 3 N–H and O–H groups in total. The molecule has 1 fully saturated rings. The van der Waals surface area contributed by atoms with Gasteiger partial charge in [0, 0.05) is 12.6 Å². The van der Waals surface area contributed by atoms with Crippen LogP contribution in [0.4, 0.5) is 0 Å². The van der Waals surface area contributed by atoms with Crippen molar-refractivity contribution in [3.63, 3.8) is 0 Å². The van der Waals surface area contributed by atoms with Gasteiger partial charge in [0.2, 0.25) is 0 Å². The Labute approximate surface area is 138 Å². The van der Waals surface area contributed by atoms with Crippen LogP contribution in [0.1, 0.15) is 45.3 Å². The molecule has 1 heterocycles. The number of nitrogens with two attached hydrogens (primary N) is 1. The van der Waals surface area contributed by atoms with Crippen molar-refractivity contribution in [3.05, 3.63) is 28.8 Å². The molecule has 1 aromatic rings. The lowest BCUT2D eigenvalue weighted by molar-refractivity contribution is 0.123. The van der Waals surface area contributed by atoms with Crippen molar-refractivity contribution >= 4 is 11.6 Å². The zero-order valence-corrected chi connectivity index (χ0v) is 14.4. The number of halogens is 1. The molecule has 5 heteroatoms. The fraction of sp³-hybridized carbons (Fsp3) is 0.647. The zero-order chi connectivity index (χ0) is 16.3. The number of aliphatic hydroxyl groups excluding tert-OH is 1. The van der Waals surface area contributed by atoms with Crippen LogP contribution in [-0.2, 0) is 0 Å². The summed E-state index contributed by atoms with van der Waals surface area (Å²) in [4.78, 5) is 2.30. The Morgan fingerprint density at radius 3 is 2.50 bits per heavy atom. The van der Waals surface area contributed by atoms with Crippen molar-refractivity contribution in [2.45, 2.75) is 51.4 Å². The number of ether oxygens (including phenoxy) is 1. The van der Waals surface area contributed by atoms with E-state index in [0.29, 0.717) is 17.3 Å². The lowest BCUT2D eigenvalue weighted by Gasteiger charge is -2.26. The van der Waals surface area contributed by atoms with Crippen LogP contribution in [0.15, 0.2) is 18.2 Å². The number of aliphatic hydroxyl groups is 1.